The quantitative estimate of drug-likeness (QED) is 0.774. The van der Waals surface area contributed by atoms with Crippen molar-refractivity contribution in [1.29, 1.82) is 0 Å². The predicted molar refractivity (Wildman–Crippen MR) is 80.4 cm³/mol. The molecule has 0 bridgehead atoms. The fourth-order valence-electron chi connectivity index (χ4n) is 1.49. The van der Waals surface area contributed by atoms with Crippen LogP contribution in [0.15, 0.2) is 23.1 Å². The maximum Gasteiger partial charge on any atom is 0.265 e. The number of amides is 1. The van der Waals surface area contributed by atoms with Gasteiger partial charge < -0.3 is 14.8 Å². The smallest absolute Gasteiger partial charge is 0.265 e. The summed E-state index contributed by atoms with van der Waals surface area (Å²) in [4.78, 5) is 11.5. The summed E-state index contributed by atoms with van der Waals surface area (Å²) >= 11 is 0. The highest BCUT2D eigenvalue weighted by atomic mass is 35.7. The van der Waals surface area contributed by atoms with Gasteiger partial charge in [0.25, 0.3) is 9.05 Å². The first-order chi connectivity index (χ1) is 9.74. The lowest BCUT2D eigenvalue weighted by molar-refractivity contribution is -0.121. The van der Waals surface area contributed by atoms with Gasteiger partial charge in [0.2, 0.25) is 5.91 Å². The zero-order chi connectivity index (χ0) is 16.0. The average molecular weight is 336 g/mol. The molecule has 0 saturated heterocycles. The fraction of sp³-hybridized carbons (Fsp3) is 0.462. The number of rotatable bonds is 7. The predicted octanol–water partition coefficient (Wildman–Crippen LogP) is 2.38. The lowest BCUT2D eigenvalue weighted by Gasteiger charge is -2.11. The lowest BCUT2D eigenvalue weighted by Crippen LogP contribution is -2.20. The van der Waals surface area contributed by atoms with Crippen LogP contribution in [0.4, 0.5) is 5.69 Å². The molecule has 1 aromatic rings. The Kier molecular flexibility index (Phi) is 6.44. The molecule has 1 rings (SSSR count). The Bertz CT molecular complexity index is 601. The van der Waals surface area contributed by atoms with Crippen molar-refractivity contribution in [2.75, 3.05) is 18.5 Å². The van der Waals surface area contributed by atoms with Crippen LogP contribution in [0.5, 0.6) is 5.75 Å². The maximum atomic E-state index is 11.6. The number of carbonyl (C=O) groups is 1. The molecule has 1 aromatic carbocycles. The van der Waals surface area contributed by atoms with Gasteiger partial charge in [-0.3, -0.25) is 4.79 Å². The molecule has 0 aliphatic rings. The number of ether oxygens (including phenoxy) is 2. The highest BCUT2D eigenvalue weighted by Crippen LogP contribution is 2.30. The van der Waals surface area contributed by atoms with Crippen molar-refractivity contribution in [3.8, 4) is 5.75 Å². The van der Waals surface area contributed by atoms with Crippen LogP contribution in [0.1, 0.15) is 20.8 Å². The minimum absolute atomic E-state index is 0.0742. The van der Waals surface area contributed by atoms with Crippen LogP contribution in [0, 0.1) is 0 Å². The molecule has 0 atom stereocenters. The van der Waals surface area contributed by atoms with Gasteiger partial charge in [-0.15, -0.1) is 0 Å². The van der Waals surface area contributed by atoms with Crippen molar-refractivity contribution >= 4 is 31.3 Å². The van der Waals surface area contributed by atoms with Crippen molar-refractivity contribution in [2.45, 2.75) is 31.8 Å². The van der Waals surface area contributed by atoms with Gasteiger partial charge in [0.1, 0.15) is 17.3 Å². The van der Waals surface area contributed by atoms with Crippen molar-refractivity contribution in [3.05, 3.63) is 18.2 Å². The van der Waals surface area contributed by atoms with E-state index in [9.17, 15) is 13.2 Å². The SMILES string of the molecule is CCOc1ccc(NC(=O)COC(C)C)cc1S(=O)(=O)Cl. The average Bonchev–Trinajstić information content (AvgIpc) is 2.37. The van der Waals surface area contributed by atoms with Gasteiger partial charge in [0.05, 0.1) is 12.7 Å². The Hall–Kier alpha value is -1.31. The minimum Gasteiger partial charge on any atom is -0.492 e. The molecule has 8 heteroatoms. The Morgan fingerprint density at radius 1 is 1.38 bits per heavy atom. The molecule has 118 valence electrons. The van der Waals surface area contributed by atoms with Gasteiger partial charge in [0.15, 0.2) is 0 Å². The fourth-order valence-corrected chi connectivity index (χ4v) is 2.49. The van der Waals surface area contributed by atoms with Gasteiger partial charge >= 0.3 is 0 Å². The van der Waals surface area contributed by atoms with E-state index in [4.69, 9.17) is 20.2 Å². The second kappa shape index (κ2) is 7.63. The number of nitrogens with one attached hydrogen (secondary N) is 1. The Morgan fingerprint density at radius 3 is 2.57 bits per heavy atom. The minimum atomic E-state index is -3.98. The summed E-state index contributed by atoms with van der Waals surface area (Å²) in [6.07, 6.45) is -0.0742. The second-order valence-electron chi connectivity index (χ2n) is 4.44. The molecule has 0 radical (unpaired) electrons. The summed E-state index contributed by atoms with van der Waals surface area (Å²) in [5.74, 6) is -0.241. The summed E-state index contributed by atoms with van der Waals surface area (Å²) in [6.45, 7) is 5.52. The second-order valence-corrected chi connectivity index (χ2v) is 6.97. The van der Waals surface area contributed by atoms with Crippen LogP contribution in [0.25, 0.3) is 0 Å². The molecule has 0 saturated carbocycles. The summed E-state index contributed by atoms with van der Waals surface area (Å²) in [5, 5.41) is 2.54. The van der Waals surface area contributed by atoms with E-state index in [1.54, 1.807) is 6.92 Å². The Balaban J connectivity index is 2.93. The van der Waals surface area contributed by atoms with E-state index in [1.165, 1.54) is 18.2 Å². The van der Waals surface area contributed by atoms with Crippen molar-refractivity contribution in [2.24, 2.45) is 0 Å². The standard InChI is InChI=1S/C13H18ClNO5S/c1-4-19-11-6-5-10(7-12(11)21(14,17)18)15-13(16)8-20-9(2)3/h5-7,9H,4,8H2,1-3H3,(H,15,16). The van der Waals surface area contributed by atoms with E-state index in [0.29, 0.717) is 12.3 Å². The van der Waals surface area contributed by atoms with Crippen LogP contribution < -0.4 is 10.1 Å². The maximum absolute atomic E-state index is 11.6. The first-order valence-electron chi connectivity index (χ1n) is 6.37. The van der Waals surface area contributed by atoms with E-state index in [-0.39, 0.29) is 29.3 Å². The molecule has 0 heterocycles. The van der Waals surface area contributed by atoms with Gasteiger partial charge in [0, 0.05) is 16.4 Å². The van der Waals surface area contributed by atoms with E-state index in [0.717, 1.165) is 0 Å². The van der Waals surface area contributed by atoms with E-state index in [2.05, 4.69) is 5.32 Å². The third kappa shape index (κ3) is 5.91. The monoisotopic (exact) mass is 335 g/mol. The van der Waals surface area contributed by atoms with E-state index < -0.39 is 9.05 Å². The molecule has 1 N–H and O–H groups in total. The van der Waals surface area contributed by atoms with Gasteiger partial charge in [-0.2, -0.15) is 0 Å². The molecule has 0 unspecified atom stereocenters. The van der Waals surface area contributed by atoms with E-state index >= 15 is 0 Å². The Labute approximate surface area is 128 Å². The van der Waals surface area contributed by atoms with Gasteiger partial charge in [-0.25, -0.2) is 8.42 Å². The van der Waals surface area contributed by atoms with Gasteiger partial charge in [-0.1, -0.05) is 0 Å². The first-order valence-corrected chi connectivity index (χ1v) is 8.68. The Morgan fingerprint density at radius 2 is 2.05 bits per heavy atom. The zero-order valence-electron chi connectivity index (χ0n) is 12.1. The number of benzene rings is 1. The molecule has 0 aromatic heterocycles. The first kappa shape index (κ1) is 17.7. The topological polar surface area (TPSA) is 81.7 Å². The molecular formula is C13H18ClNO5S. The highest BCUT2D eigenvalue weighted by molar-refractivity contribution is 8.13. The molecule has 0 aliphatic carbocycles. The van der Waals surface area contributed by atoms with Crippen LogP contribution in [0.3, 0.4) is 0 Å². The molecule has 1 amide bonds. The summed E-state index contributed by atoms with van der Waals surface area (Å²) in [6, 6.07) is 4.22. The molecule has 6 nitrogen and oxygen atoms in total. The number of hydrogen-bond acceptors (Lipinski definition) is 5. The number of hydrogen-bond donors (Lipinski definition) is 1. The van der Waals surface area contributed by atoms with Crippen molar-refractivity contribution in [3.63, 3.8) is 0 Å². The van der Waals surface area contributed by atoms with Crippen molar-refractivity contribution < 1.29 is 22.7 Å². The van der Waals surface area contributed by atoms with Crippen molar-refractivity contribution in [1.82, 2.24) is 0 Å². The number of halogens is 1. The summed E-state index contributed by atoms with van der Waals surface area (Å²) in [7, 11) is 1.39. The lowest BCUT2D eigenvalue weighted by atomic mass is 10.3. The number of carbonyl (C=O) groups excluding carboxylic acids is 1. The third-order valence-corrected chi connectivity index (χ3v) is 3.68. The third-order valence-electron chi connectivity index (χ3n) is 2.34. The van der Waals surface area contributed by atoms with Gasteiger partial charge in [-0.05, 0) is 39.0 Å². The summed E-state index contributed by atoms with van der Waals surface area (Å²) in [5.41, 5.74) is 0.301. The molecule has 21 heavy (non-hydrogen) atoms. The molecule has 0 aliphatic heterocycles. The molecule has 0 fully saturated rings. The largest absolute Gasteiger partial charge is 0.492 e. The van der Waals surface area contributed by atoms with E-state index in [1.807, 2.05) is 13.8 Å². The summed E-state index contributed by atoms with van der Waals surface area (Å²) < 4.78 is 33.4. The van der Waals surface area contributed by atoms with Crippen LogP contribution in [-0.4, -0.2) is 33.6 Å². The highest BCUT2D eigenvalue weighted by Gasteiger charge is 2.18. The molecule has 0 spiro atoms. The zero-order valence-corrected chi connectivity index (χ0v) is 13.6. The van der Waals surface area contributed by atoms with Crippen LogP contribution in [-0.2, 0) is 18.6 Å². The normalized spacial score (nSPS) is 11.5. The van der Waals surface area contributed by atoms with Crippen LogP contribution >= 0.6 is 10.7 Å². The molecular weight excluding hydrogens is 318 g/mol. The van der Waals surface area contributed by atoms with Crippen LogP contribution in [0.2, 0.25) is 0 Å². The number of anilines is 1.